The van der Waals surface area contributed by atoms with Crippen molar-refractivity contribution in [1.82, 2.24) is 0 Å². The molecule has 0 unspecified atom stereocenters. The zero-order chi connectivity index (χ0) is 16.2. The minimum Gasteiger partial charge on any atom is -0.490 e. The second-order valence-electron chi connectivity index (χ2n) is 4.95. The van der Waals surface area contributed by atoms with Crippen LogP contribution in [-0.4, -0.2) is 24.3 Å². The van der Waals surface area contributed by atoms with Crippen molar-refractivity contribution in [2.45, 2.75) is 0 Å². The highest BCUT2D eigenvalue weighted by atomic mass is 16.5. The Morgan fingerprint density at radius 3 is 1.87 bits per heavy atom. The van der Waals surface area contributed by atoms with Crippen LogP contribution in [0.2, 0.25) is 0 Å². The molecule has 3 rings (SSSR count). The summed E-state index contributed by atoms with van der Waals surface area (Å²) in [4.78, 5) is 11.7. The average molecular weight is 308 g/mol. The molecule has 0 bridgehead atoms. The molecule has 0 fully saturated rings. The summed E-state index contributed by atoms with van der Waals surface area (Å²) in [5.41, 5.74) is 0. The van der Waals surface area contributed by atoms with Crippen LogP contribution in [0.1, 0.15) is 0 Å². The van der Waals surface area contributed by atoms with Gasteiger partial charge in [-0.15, -0.1) is 0 Å². The van der Waals surface area contributed by atoms with E-state index in [2.05, 4.69) is 6.58 Å². The molecule has 0 heterocycles. The summed E-state index contributed by atoms with van der Waals surface area (Å²) in [5.74, 6) is 0.644. The van der Waals surface area contributed by atoms with Gasteiger partial charge in [0.1, 0.15) is 18.1 Å². The maximum Gasteiger partial charge on any atom is 0.335 e. The predicted molar refractivity (Wildman–Crippen MR) is 89.9 cm³/mol. The third kappa shape index (κ3) is 2.76. The molecular weight excluding hydrogens is 292 g/mol. The highest BCUT2D eigenvalue weighted by Crippen LogP contribution is 2.42. The third-order valence-electron chi connectivity index (χ3n) is 3.54. The standard InChI is InChI=1S/C19H16O4/c1-2-17(21)23-19-15-9-5-3-7-13(15)18(22-12-11-20)14-8-4-6-10-16(14)19/h2-10,20H,1,11-12H2. The molecule has 4 nitrogen and oxygen atoms in total. The van der Waals surface area contributed by atoms with Crippen LogP contribution in [0.4, 0.5) is 0 Å². The van der Waals surface area contributed by atoms with E-state index in [-0.39, 0.29) is 13.2 Å². The topological polar surface area (TPSA) is 55.8 Å². The largest absolute Gasteiger partial charge is 0.490 e. The average Bonchev–Trinajstić information content (AvgIpc) is 2.60. The quantitative estimate of drug-likeness (QED) is 0.339. The van der Waals surface area contributed by atoms with Crippen molar-refractivity contribution >= 4 is 27.5 Å². The van der Waals surface area contributed by atoms with Crippen molar-refractivity contribution in [3.05, 3.63) is 61.2 Å². The molecule has 23 heavy (non-hydrogen) atoms. The van der Waals surface area contributed by atoms with Crippen LogP contribution in [-0.2, 0) is 4.79 Å². The van der Waals surface area contributed by atoms with Crippen molar-refractivity contribution in [1.29, 1.82) is 0 Å². The lowest BCUT2D eigenvalue weighted by atomic mass is 10.0. The first-order valence-corrected chi connectivity index (χ1v) is 7.27. The molecule has 0 aliphatic rings. The lowest BCUT2D eigenvalue weighted by molar-refractivity contribution is -0.128. The van der Waals surface area contributed by atoms with Crippen LogP contribution in [0.3, 0.4) is 0 Å². The zero-order valence-corrected chi connectivity index (χ0v) is 12.5. The molecule has 1 N–H and O–H groups in total. The van der Waals surface area contributed by atoms with E-state index in [1.807, 2.05) is 48.5 Å². The first-order valence-electron chi connectivity index (χ1n) is 7.27. The van der Waals surface area contributed by atoms with Gasteiger partial charge in [-0.05, 0) is 0 Å². The number of fused-ring (bicyclic) bond motifs is 2. The van der Waals surface area contributed by atoms with E-state index in [4.69, 9.17) is 14.6 Å². The molecule has 0 spiro atoms. The van der Waals surface area contributed by atoms with Gasteiger partial charge in [0.05, 0.1) is 6.61 Å². The zero-order valence-electron chi connectivity index (χ0n) is 12.5. The Morgan fingerprint density at radius 2 is 1.43 bits per heavy atom. The monoisotopic (exact) mass is 308 g/mol. The highest BCUT2D eigenvalue weighted by Gasteiger charge is 2.17. The minimum atomic E-state index is -0.510. The fourth-order valence-corrected chi connectivity index (χ4v) is 2.60. The van der Waals surface area contributed by atoms with Crippen molar-refractivity contribution in [2.24, 2.45) is 0 Å². The van der Waals surface area contributed by atoms with Crippen LogP contribution in [0.5, 0.6) is 11.5 Å². The molecule has 3 aromatic rings. The van der Waals surface area contributed by atoms with E-state index in [9.17, 15) is 4.79 Å². The van der Waals surface area contributed by atoms with E-state index < -0.39 is 5.97 Å². The number of aliphatic hydroxyl groups is 1. The van der Waals surface area contributed by atoms with Crippen LogP contribution in [0.15, 0.2) is 61.2 Å². The highest BCUT2D eigenvalue weighted by molar-refractivity contribution is 6.12. The van der Waals surface area contributed by atoms with E-state index in [0.717, 1.165) is 27.6 Å². The second-order valence-corrected chi connectivity index (χ2v) is 4.95. The molecule has 0 aliphatic carbocycles. The molecule has 0 atom stereocenters. The van der Waals surface area contributed by atoms with Gasteiger partial charge in [-0.25, -0.2) is 4.79 Å². The summed E-state index contributed by atoms with van der Waals surface area (Å²) in [6, 6.07) is 15.1. The number of ether oxygens (including phenoxy) is 2. The van der Waals surface area contributed by atoms with E-state index in [0.29, 0.717) is 11.5 Å². The number of carbonyl (C=O) groups is 1. The van der Waals surface area contributed by atoms with Crippen molar-refractivity contribution in [3.8, 4) is 11.5 Å². The Bertz CT molecular complexity index is 826. The summed E-state index contributed by atoms with van der Waals surface area (Å²) in [6.45, 7) is 3.57. The van der Waals surface area contributed by atoms with Crippen molar-refractivity contribution in [3.63, 3.8) is 0 Å². The fourth-order valence-electron chi connectivity index (χ4n) is 2.60. The smallest absolute Gasteiger partial charge is 0.335 e. The fraction of sp³-hybridized carbons (Fsp3) is 0.105. The summed E-state index contributed by atoms with van der Waals surface area (Å²) >= 11 is 0. The number of rotatable bonds is 5. The number of esters is 1. The molecule has 3 aromatic carbocycles. The van der Waals surface area contributed by atoms with E-state index in [1.165, 1.54) is 0 Å². The molecule has 0 aromatic heterocycles. The predicted octanol–water partition coefficient (Wildman–Crippen LogP) is 3.46. The summed E-state index contributed by atoms with van der Waals surface area (Å²) in [6.07, 6.45) is 1.14. The Morgan fingerprint density at radius 1 is 0.957 bits per heavy atom. The van der Waals surface area contributed by atoms with Gasteiger partial charge in [0.15, 0.2) is 0 Å². The molecule has 0 amide bonds. The van der Waals surface area contributed by atoms with Gasteiger partial charge < -0.3 is 14.6 Å². The van der Waals surface area contributed by atoms with Crippen LogP contribution >= 0.6 is 0 Å². The Hall–Kier alpha value is -2.85. The van der Waals surface area contributed by atoms with Crippen LogP contribution in [0.25, 0.3) is 21.5 Å². The van der Waals surface area contributed by atoms with Gasteiger partial charge in [-0.2, -0.15) is 0 Å². The SMILES string of the molecule is C=CC(=O)Oc1c2ccccc2c(OCCO)c2ccccc12. The number of hydrogen-bond donors (Lipinski definition) is 1. The lowest BCUT2D eigenvalue weighted by Crippen LogP contribution is -2.06. The molecule has 0 saturated carbocycles. The van der Waals surface area contributed by atoms with Gasteiger partial charge in [-0.3, -0.25) is 0 Å². The number of benzene rings is 3. The van der Waals surface area contributed by atoms with Crippen molar-refractivity contribution in [2.75, 3.05) is 13.2 Å². The Labute approximate surface area is 133 Å². The maximum atomic E-state index is 11.7. The molecule has 4 heteroatoms. The Balaban J connectivity index is 2.36. The normalized spacial score (nSPS) is 10.7. The molecule has 0 saturated heterocycles. The van der Waals surface area contributed by atoms with Gasteiger partial charge in [-0.1, -0.05) is 55.1 Å². The number of carbonyl (C=O) groups excluding carboxylic acids is 1. The third-order valence-corrected chi connectivity index (χ3v) is 3.54. The van der Waals surface area contributed by atoms with E-state index in [1.54, 1.807) is 0 Å². The van der Waals surface area contributed by atoms with Crippen LogP contribution < -0.4 is 9.47 Å². The van der Waals surface area contributed by atoms with Gasteiger partial charge >= 0.3 is 5.97 Å². The van der Waals surface area contributed by atoms with Gasteiger partial charge in [0.2, 0.25) is 0 Å². The van der Waals surface area contributed by atoms with Crippen LogP contribution in [0, 0.1) is 0 Å². The molecular formula is C19H16O4. The second kappa shape index (κ2) is 6.50. The van der Waals surface area contributed by atoms with Gasteiger partial charge in [0.25, 0.3) is 0 Å². The lowest BCUT2D eigenvalue weighted by Gasteiger charge is -2.16. The van der Waals surface area contributed by atoms with Gasteiger partial charge in [0, 0.05) is 27.6 Å². The van der Waals surface area contributed by atoms with Crippen molar-refractivity contribution < 1.29 is 19.4 Å². The first kappa shape index (κ1) is 15.1. The van der Waals surface area contributed by atoms with E-state index >= 15 is 0 Å². The number of aliphatic hydroxyl groups excluding tert-OH is 1. The minimum absolute atomic E-state index is 0.0736. The number of hydrogen-bond acceptors (Lipinski definition) is 4. The molecule has 0 aliphatic heterocycles. The first-order chi connectivity index (χ1) is 11.3. The maximum absolute atomic E-state index is 11.7. The summed E-state index contributed by atoms with van der Waals surface area (Å²) in [5, 5.41) is 12.3. The summed E-state index contributed by atoms with van der Waals surface area (Å²) in [7, 11) is 0. The summed E-state index contributed by atoms with van der Waals surface area (Å²) < 4.78 is 11.2. The molecule has 0 radical (unpaired) electrons. The molecule has 116 valence electrons. The Kier molecular flexibility index (Phi) is 4.26.